The van der Waals surface area contributed by atoms with Crippen LogP contribution in [0.2, 0.25) is 10.0 Å². The molecule has 2 aromatic rings. The minimum absolute atomic E-state index is 0.00868. The average Bonchev–Trinajstić information content (AvgIpc) is 2.36. The van der Waals surface area contributed by atoms with E-state index in [1.165, 1.54) is 12.1 Å². The summed E-state index contributed by atoms with van der Waals surface area (Å²) in [7, 11) is 0. The number of hydrogen-bond acceptors (Lipinski definition) is 3. The molecule has 0 amide bonds. The highest BCUT2D eigenvalue weighted by atomic mass is 35.5. The van der Waals surface area contributed by atoms with Gasteiger partial charge in [0.2, 0.25) is 0 Å². The Morgan fingerprint density at radius 3 is 2.60 bits per heavy atom. The first-order valence-corrected chi connectivity index (χ1v) is 6.49. The highest BCUT2D eigenvalue weighted by Gasteiger charge is 2.15. The molecule has 0 heterocycles. The summed E-state index contributed by atoms with van der Waals surface area (Å²) in [5, 5.41) is 13.0. The maximum absolute atomic E-state index is 11.3. The second-order valence-corrected chi connectivity index (χ2v) is 5.16. The van der Waals surface area contributed by atoms with Crippen molar-refractivity contribution >= 4 is 46.2 Å². The number of aromatic carboxylic acids is 1. The van der Waals surface area contributed by atoms with Gasteiger partial charge < -0.3 is 16.2 Å². The summed E-state index contributed by atoms with van der Waals surface area (Å²) in [6.07, 6.45) is 0. The molecular formula is C14H12Cl2N2O2. The van der Waals surface area contributed by atoms with Crippen LogP contribution in [0.25, 0.3) is 0 Å². The summed E-state index contributed by atoms with van der Waals surface area (Å²) in [5.41, 5.74) is 7.81. The Hall–Kier alpha value is -1.91. The highest BCUT2D eigenvalue weighted by Crippen LogP contribution is 2.33. The summed E-state index contributed by atoms with van der Waals surface area (Å²) < 4.78 is 0. The molecule has 4 nitrogen and oxygen atoms in total. The predicted octanol–water partition coefficient (Wildman–Crippen LogP) is 4.33. The Morgan fingerprint density at radius 1 is 1.25 bits per heavy atom. The second kappa shape index (κ2) is 5.61. The van der Waals surface area contributed by atoms with E-state index in [4.69, 9.17) is 28.9 Å². The molecule has 0 aromatic heterocycles. The van der Waals surface area contributed by atoms with Gasteiger partial charge in [0.05, 0.1) is 16.3 Å². The van der Waals surface area contributed by atoms with Crippen LogP contribution < -0.4 is 11.1 Å². The van der Waals surface area contributed by atoms with Crippen LogP contribution in [0.1, 0.15) is 15.9 Å². The van der Waals surface area contributed by atoms with Gasteiger partial charge in [0.25, 0.3) is 0 Å². The molecule has 0 aliphatic rings. The van der Waals surface area contributed by atoms with Crippen LogP contribution in [0.4, 0.5) is 17.1 Å². The summed E-state index contributed by atoms with van der Waals surface area (Å²) >= 11 is 12.0. The van der Waals surface area contributed by atoms with Gasteiger partial charge in [0.1, 0.15) is 0 Å². The first kappa shape index (κ1) is 14.5. The van der Waals surface area contributed by atoms with E-state index >= 15 is 0 Å². The third kappa shape index (κ3) is 2.98. The lowest BCUT2D eigenvalue weighted by atomic mass is 10.1. The number of anilines is 3. The molecule has 0 aliphatic heterocycles. The van der Waals surface area contributed by atoms with Crippen molar-refractivity contribution in [2.24, 2.45) is 0 Å². The Bertz CT molecular complexity index is 687. The number of halogens is 2. The van der Waals surface area contributed by atoms with E-state index in [2.05, 4.69) is 5.32 Å². The number of nitrogens with two attached hydrogens (primary N) is 1. The molecule has 0 saturated heterocycles. The predicted molar refractivity (Wildman–Crippen MR) is 82.3 cm³/mol. The fourth-order valence-corrected chi connectivity index (χ4v) is 2.23. The van der Waals surface area contributed by atoms with E-state index in [0.29, 0.717) is 22.1 Å². The Balaban J connectivity index is 2.53. The topological polar surface area (TPSA) is 75.3 Å². The van der Waals surface area contributed by atoms with Crippen molar-refractivity contribution in [3.05, 3.63) is 51.5 Å². The SMILES string of the molecule is Cc1ccc(Cl)cc1Nc1c(Cl)cc(N)cc1C(=O)O. The molecule has 0 unspecified atom stereocenters. The molecule has 2 rings (SSSR count). The summed E-state index contributed by atoms with van der Waals surface area (Å²) in [6, 6.07) is 8.14. The summed E-state index contributed by atoms with van der Waals surface area (Å²) in [4.78, 5) is 11.3. The van der Waals surface area contributed by atoms with E-state index < -0.39 is 5.97 Å². The second-order valence-electron chi connectivity index (χ2n) is 4.31. The van der Waals surface area contributed by atoms with Gasteiger partial charge in [-0.15, -0.1) is 0 Å². The van der Waals surface area contributed by atoms with Gasteiger partial charge in [-0.3, -0.25) is 0 Å². The quantitative estimate of drug-likeness (QED) is 0.738. The number of hydrogen-bond donors (Lipinski definition) is 3. The molecule has 104 valence electrons. The molecule has 4 N–H and O–H groups in total. The zero-order chi connectivity index (χ0) is 14.9. The number of nitrogen functional groups attached to an aromatic ring is 1. The molecular weight excluding hydrogens is 299 g/mol. The molecule has 0 bridgehead atoms. The van der Waals surface area contributed by atoms with Gasteiger partial charge in [-0.1, -0.05) is 29.3 Å². The maximum Gasteiger partial charge on any atom is 0.337 e. The lowest BCUT2D eigenvalue weighted by Crippen LogP contribution is -2.05. The van der Waals surface area contributed by atoms with E-state index in [-0.39, 0.29) is 10.6 Å². The fraction of sp³-hybridized carbons (Fsp3) is 0.0714. The van der Waals surface area contributed by atoms with Crippen LogP contribution in [-0.4, -0.2) is 11.1 Å². The lowest BCUT2D eigenvalue weighted by Gasteiger charge is -2.14. The first-order chi connectivity index (χ1) is 9.38. The van der Waals surface area contributed by atoms with E-state index in [1.807, 2.05) is 13.0 Å². The highest BCUT2D eigenvalue weighted by molar-refractivity contribution is 6.34. The number of rotatable bonds is 3. The number of nitrogens with one attached hydrogen (secondary N) is 1. The van der Waals surface area contributed by atoms with Gasteiger partial charge in [-0.2, -0.15) is 0 Å². The maximum atomic E-state index is 11.3. The Kier molecular flexibility index (Phi) is 4.06. The zero-order valence-electron chi connectivity index (χ0n) is 10.6. The smallest absolute Gasteiger partial charge is 0.337 e. The molecule has 0 fully saturated rings. The van der Waals surface area contributed by atoms with Crippen molar-refractivity contribution < 1.29 is 9.90 Å². The number of carboxylic acids is 1. The van der Waals surface area contributed by atoms with Crippen LogP contribution in [-0.2, 0) is 0 Å². The number of aryl methyl sites for hydroxylation is 1. The number of benzene rings is 2. The third-order valence-corrected chi connectivity index (χ3v) is 3.34. The number of carboxylic acid groups (broad SMARTS) is 1. The minimum Gasteiger partial charge on any atom is -0.478 e. The van der Waals surface area contributed by atoms with Gasteiger partial charge in [-0.25, -0.2) is 4.79 Å². The molecule has 0 saturated carbocycles. The van der Waals surface area contributed by atoms with Crippen LogP contribution in [0.15, 0.2) is 30.3 Å². The Labute approximate surface area is 126 Å². The molecule has 0 aliphatic carbocycles. The van der Waals surface area contributed by atoms with Crippen molar-refractivity contribution in [2.45, 2.75) is 6.92 Å². The first-order valence-electron chi connectivity index (χ1n) is 5.74. The molecule has 0 atom stereocenters. The van der Waals surface area contributed by atoms with E-state index in [9.17, 15) is 9.90 Å². The van der Waals surface area contributed by atoms with Gasteiger partial charge >= 0.3 is 5.97 Å². The van der Waals surface area contributed by atoms with Crippen molar-refractivity contribution in [2.75, 3.05) is 11.1 Å². The minimum atomic E-state index is -1.11. The van der Waals surface area contributed by atoms with Crippen molar-refractivity contribution in [3.8, 4) is 0 Å². The van der Waals surface area contributed by atoms with Crippen LogP contribution >= 0.6 is 23.2 Å². The monoisotopic (exact) mass is 310 g/mol. The molecule has 20 heavy (non-hydrogen) atoms. The fourth-order valence-electron chi connectivity index (χ4n) is 1.79. The average molecular weight is 311 g/mol. The van der Waals surface area contributed by atoms with Gasteiger partial charge in [0, 0.05) is 16.4 Å². The van der Waals surface area contributed by atoms with Gasteiger partial charge in [-0.05, 0) is 36.8 Å². The van der Waals surface area contributed by atoms with Crippen molar-refractivity contribution in [1.82, 2.24) is 0 Å². The van der Waals surface area contributed by atoms with Crippen LogP contribution in [0, 0.1) is 6.92 Å². The van der Waals surface area contributed by atoms with E-state index in [0.717, 1.165) is 5.56 Å². The van der Waals surface area contributed by atoms with Crippen molar-refractivity contribution in [1.29, 1.82) is 0 Å². The van der Waals surface area contributed by atoms with E-state index in [1.54, 1.807) is 12.1 Å². The van der Waals surface area contributed by atoms with Crippen LogP contribution in [0.3, 0.4) is 0 Å². The normalized spacial score (nSPS) is 10.3. The summed E-state index contributed by atoms with van der Waals surface area (Å²) in [5.74, 6) is -1.11. The molecule has 2 aromatic carbocycles. The van der Waals surface area contributed by atoms with Gasteiger partial charge in [0.15, 0.2) is 0 Å². The molecule has 0 spiro atoms. The zero-order valence-corrected chi connectivity index (χ0v) is 12.1. The standard InChI is InChI=1S/C14H12Cl2N2O2/c1-7-2-3-8(15)4-12(7)18-13-10(14(19)20)5-9(17)6-11(13)16/h2-6,18H,17H2,1H3,(H,19,20). The number of carbonyl (C=O) groups is 1. The molecule has 0 radical (unpaired) electrons. The third-order valence-electron chi connectivity index (χ3n) is 2.80. The molecule has 6 heteroatoms. The largest absolute Gasteiger partial charge is 0.478 e. The lowest BCUT2D eigenvalue weighted by molar-refractivity contribution is 0.0698. The summed E-state index contributed by atoms with van der Waals surface area (Å²) in [6.45, 7) is 1.88. The van der Waals surface area contributed by atoms with Crippen molar-refractivity contribution in [3.63, 3.8) is 0 Å². The Morgan fingerprint density at radius 2 is 1.95 bits per heavy atom. The van der Waals surface area contributed by atoms with Crippen LogP contribution in [0.5, 0.6) is 0 Å².